The predicted octanol–water partition coefficient (Wildman–Crippen LogP) is 4.13. The zero-order chi connectivity index (χ0) is 14.0. The fraction of sp³-hybridized carbons (Fsp3) is 0.600. The van der Waals surface area contributed by atoms with Crippen LogP contribution in [-0.4, -0.2) is 30.1 Å². The van der Waals surface area contributed by atoms with Crippen LogP contribution in [0.4, 0.5) is 0 Å². The van der Waals surface area contributed by atoms with E-state index in [1.807, 2.05) is 18.2 Å². The maximum atomic E-state index is 6.32. The Balaban J connectivity index is 2.17. The molecule has 0 saturated carbocycles. The lowest BCUT2D eigenvalue weighted by molar-refractivity contribution is 0.105. The van der Waals surface area contributed by atoms with Crippen LogP contribution in [0.15, 0.2) is 18.2 Å². The minimum absolute atomic E-state index is 0.200. The minimum Gasteiger partial charge on any atom is -0.309 e. The smallest absolute Gasteiger partial charge is 0.0468 e. The number of hydrogen-bond acceptors (Lipinski definition) is 2. The molecule has 0 aromatic heterocycles. The SMILES string of the molecule is CCC1(C)CN(C(C)c2ccc(Cl)cc2Cl)CCN1. The van der Waals surface area contributed by atoms with Crippen LogP contribution in [0.1, 0.15) is 38.8 Å². The molecule has 1 aliphatic heterocycles. The van der Waals surface area contributed by atoms with Gasteiger partial charge in [0, 0.05) is 41.3 Å². The van der Waals surface area contributed by atoms with E-state index >= 15 is 0 Å². The Morgan fingerprint density at radius 3 is 2.79 bits per heavy atom. The summed E-state index contributed by atoms with van der Waals surface area (Å²) < 4.78 is 0. The molecule has 1 N–H and O–H groups in total. The van der Waals surface area contributed by atoms with Crippen molar-refractivity contribution in [1.29, 1.82) is 0 Å². The van der Waals surface area contributed by atoms with E-state index in [0.717, 1.165) is 36.6 Å². The fourth-order valence-electron chi connectivity index (χ4n) is 2.69. The number of piperazine rings is 1. The number of nitrogens with zero attached hydrogens (tertiary/aromatic N) is 1. The van der Waals surface area contributed by atoms with Crippen molar-refractivity contribution in [1.82, 2.24) is 10.2 Å². The Labute approximate surface area is 126 Å². The van der Waals surface area contributed by atoms with Crippen LogP contribution in [-0.2, 0) is 0 Å². The standard InChI is InChI=1S/C15H22Cl2N2/c1-4-15(3)10-19(8-7-18-15)11(2)13-6-5-12(16)9-14(13)17/h5-6,9,11,18H,4,7-8,10H2,1-3H3. The van der Waals surface area contributed by atoms with Gasteiger partial charge in [0.2, 0.25) is 0 Å². The molecular formula is C15H22Cl2N2. The highest BCUT2D eigenvalue weighted by Gasteiger charge is 2.31. The third-order valence-corrected chi connectivity index (χ3v) is 4.81. The monoisotopic (exact) mass is 300 g/mol. The van der Waals surface area contributed by atoms with E-state index < -0.39 is 0 Å². The van der Waals surface area contributed by atoms with Crippen LogP contribution in [0.5, 0.6) is 0 Å². The average molecular weight is 301 g/mol. The summed E-state index contributed by atoms with van der Waals surface area (Å²) in [6.45, 7) is 9.86. The first-order chi connectivity index (χ1) is 8.95. The third-order valence-electron chi connectivity index (χ3n) is 4.24. The van der Waals surface area contributed by atoms with Crippen molar-refractivity contribution >= 4 is 23.2 Å². The van der Waals surface area contributed by atoms with Gasteiger partial charge >= 0.3 is 0 Å². The summed E-state index contributed by atoms with van der Waals surface area (Å²) in [4.78, 5) is 2.50. The molecule has 2 unspecified atom stereocenters. The lowest BCUT2D eigenvalue weighted by Gasteiger charge is -2.44. The molecule has 0 radical (unpaired) electrons. The summed E-state index contributed by atoms with van der Waals surface area (Å²) in [5, 5.41) is 5.06. The van der Waals surface area contributed by atoms with Gasteiger partial charge in [0.1, 0.15) is 0 Å². The summed E-state index contributed by atoms with van der Waals surface area (Å²) in [5.41, 5.74) is 1.36. The van der Waals surface area contributed by atoms with Crippen molar-refractivity contribution in [3.8, 4) is 0 Å². The highest BCUT2D eigenvalue weighted by molar-refractivity contribution is 6.35. The van der Waals surface area contributed by atoms with Gasteiger partial charge in [-0.1, -0.05) is 36.2 Å². The maximum absolute atomic E-state index is 6.32. The number of hydrogen-bond donors (Lipinski definition) is 1. The Kier molecular flexibility index (Phi) is 4.78. The molecule has 1 aromatic carbocycles. The Bertz CT molecular complexity index is 450. The Morgan fingerprint density at radius 1 is 1.42 bits per heavy atom. The van der Waals surface area contributed by atoms with E-state index in [4.69, 9.17) is 23.2 Å². The second-order valence-corrected chi connectivity index (χ2v) is 6.50. The number of nitrogens with one attached hydrogen (secondary N) is 1. The molecule has 4 heteroatoms. The van der Waals surface area contributed by atoms with Gasteiger partial charge in [0.25, 0.3) is 0 Å². The van der Waals surface area contributed by atoms with E-state index in [-0.39, 0.29) is 5.54 Å². The van der Waals surface area contributed by atoms with E-state index in [1.54, 1.807) is 0 Å². The van der Waals surface area contributed by atoms with Gasteiger partial charge in [-0.25, -0.2) is 0 Å². The molecule has 0 bridgehead atoms. The molecular weight excluding hydrogens is 279 g/mol. The summed E-state index contributed by atoms with van der Waals surface area (Å²) in [7, 11) is 0. The van der Waals surface area contributed by atoms with Crippen LogP contribution >= 0.6 is 23.2 Å². The van der Waals surface area contributed by atoms with E-state index in [1.165, 1.54) is 0 Å². The second-order valence-electron chi connectivity index (χ2n) is 5.65. The molecule has 106 valence electrons. The number of halogens is 2. The van der Waals surface area contributed by atoms with E-state index in [0.29, 0.717) is 11.1 Å². The average Bonchev–Trinajstić information content (AvgIpc) is 2.38. The molecule has 1 aliphatic rings. The topological polar surface area (TPSA) is 15.3 Å². The van der Waals surface area contributed by atoms with Gasteiger partial charge in [-0.15, -0.1) is 0 Å². The summed E-state index contributed by atoms with van der Waals surface area (Å²) in [6, 6.07) is 6.11. The molecule has 2 nitrogen and oxygen atoms in total. The molecule has 1 heterocycles. The van der Waals surface area contributed by atoms with Gasteiger partial charge in [-0.05, 0) is 38.0 Å². The van der Waals surface area contributed by atoms with Gasteiger partial charge in [-0.2, -0.15) is 0 Å². The van der Waals surface area contributed by atoms with Crippen molar-refractivity contribution in [3.05, 3.63) is 33.8 Å². The van der Waals surface area contributed by atoms with E-state index in [2.05, 4.69) is 31.0 Å². The van der Waals surface area contributed by atoms with Crippen molar-refractivity contribution in [3.63, 3.8) is 0 Å². The molecule has 1 saturated heterocycles. The zero-order valence-electron chi connectivity index (χ0n) is 11.8. The Morgan fingerprint density at radius 2 is 2.16 bits per heavy atom. The highest BCUT2D eigenvalue weighted by atomic mass is 35.5. The molecule has 2 rings (SSSR count). The molecule has 0 aliphatic carbocycles. The van der Waals surface area contributed by atoms with Gasteiger partial charge in [0.15, 0.2) is 0 Å². The number of benzene rings is 1. The summed E-state index contributed by atoms with van der Waals surface area (Å²) in [6.07, 6.45) is 1.13. The second kappa shape index (κ2) is 6.01. The van der Waals surface area contributed by atoms with Crippen molar-refractivity contribution in [2.45, 2.75) is 38.8 Å². The normalized spacial score (nSPS) is 26.4. The number of rotatable bonds is 3. The third kappa shape index (κ3) is 3.43. The van der Waals surface area contributed by atoms with Crippen LogP contribution in [0.3, 0.4) is 0 Å². The summed E-state index contributed by atoms with van der Waals surface area (Å²) in [5.74, 6) is 0. The first-order valence-corrected chi connectivity index (χ1v) is 7.65. The first kappa shape index (κ1) is 15.1. The molecule has 19 heavy (non-hydrogen) atoms. The van der Waals surface area contributed by atoms with Gasteiger partial charge in [0.05, 0.1) is 0 Å². The van der Waals surface area contributed by atoms with E-state index in [9.17, 15) is 0 Å². The largest absolute Gasteiger partial charge is 0.309 e. The minimum atomic E-state index is 0.200. The van der Waals surface area contributed by atoms with Gasteiger partial charge < -0.3 is 5.32 Å². The van der Waals surface area contributed by atoms with Crippen LogP contribution < -0.4 is 5.32 Å². The maximum Gasteiger partial charge on any atom is 0.0468 e. The van der Waals surface area contributed by atoms with Crippen molar-refractivity contribution < 1.29 is 0 Å². The van der Waals surface area contributed by atoms with Crippen LogP contribution in [0.25, 0.3) is 0 Å². The van der Waals surface area contributed by atoms with Crippen molar-refractivity contribution in [2.24, 2.45) is 0 Å². The zero-order valence-corrected chi connectivity index (χ0v) is 13.4. The Hall–Kier alpha value is -0.280. The highest BCUT2D eigenvalue weighted by Crippen LogP contribution is 2.31. The first-order valence-electron chi connectivity index (χ1n) is 6.89. The molecule has 2 atom stereocenters. The lowest BCUT2D eigenvalue weighted by atomic mass is 9.94. The van der Waals surface area contributed by atoms with Crippen LogP contribution in [0.2, 0.25) is 10.0 Å². The van der Waals surface area contributed by atoms with Crippen molar-refractivity contribution in [2.75, 3.05) is 19.6 Å². The quantitative estimate of drug-likeness (QED) is 0.903. The fourth-order valence-corrected chi connectivity index (χ4v) is 3.26. The van der Waals surface area contributed by atoms with Crippen LogP contribution in [0, 0.1) is 0 Å². The molecule has 1 aromatic rings. The molecule has 0 amide bonds. The summed E-state index contributed by atoms with van der Waals surface area (Å²) >= 11 is 12.3. The lowest BCUT2D eigenvalue weighted by Crippen LogP contribution is -2.58. The molecule has 0 spiro atoms. The van der Waals surface area contributed by atoms with Gasteiger partial charge in [-0.3, -0.25) is 4.90 Å². The predicted molar refractivity (Wildman–Crippen MR) is 83.1 cm³/mol. The molecule has 1 fully saturated rings.